The lowest BCUT2D eigenvalue weighted by atomic mass is 9.94. The van der Waals surface area contributed by atoms with Crippen LogP contribution in [0.1, 0.15) is 33.3 Å². The number of fused-ring (bicyclic) bond motifs is 1. The third-order valence-corrected chi connectivity index (χ3v) is 6.07. The fourth-order valence-electron chi connectivity index (χ4n) is 4.20. The van der Waals surface area contributed by atoms with Gasteiger partial charge in [0.15, 0.2) is 11.5 Å². The highest BCUT2D eigenvalue weighted by atomic mass is 19.1. The van der Waals surface area contributed by atoms with Crippen molar-refractivity contribution in [3.8, 4) is 0 Å². The van der Waals surface area contributed by atoms with Crippen molar-refractivity contribution in [3.05, 3.63) is 112 Å². The van der Waals surface area contributed by atoms with Gasteiger partial charge >= 0.3 is 0 Å². The Morgan fingerprint density at radius 2 is 1.70 bits per heavy atom. The first kappa shape index (κ1) is 20.7. The molecule has 0 saturated heterocycles. The van der Waals surface area contributed by atoms with Crippen LogP contribution in [0.5, 0.6) is 0 Å². The molecule has 1 unspecified atom stereocenters. The van der Waals surface area contributed by atoms with Crippen LogP contribution >= 0.6 is 0 Å². The molecule has 33 heavy (non-hydrogen) atoms. The van der Waals surface area contributed by atoms with Crippen LogP contribution in [0.4, 0.5) is 10.1 Å². The number of anilines is 1. The van der Waals surface area contributed by atoms with Crippen LogP contribution in [-0.2, 0) is 4.79 Å². The highest BCUT2D eigenvalue weighted by Crippen LogP contribution is 2.43. The van der Waals surface area contributed by atoms with Crippen molar-refractivity contribution < 1.29 is 23.5 Å². The predicted octanol–water partition coefficient (Wildman–Crippen LogP) is 5.97. The minimum Gasteiger partial charge on any atom is -0.503 e. The molecule has 4 aromatic rings. The van der Waals surface area contributed by atoms with Crippen LogP contribution in [0.3, 0.4) is 0 Å². The van der Waals surface area contributed by atoms with Gasteiger partial charge in [0.1, 0.15) is 11.4 Å². The van der Waals surface area contributed by atoms with E-state index in [9.17, 15) is 19.1 Å². The van der Waals surface area contributed by atoms with E-state index in [4.69, 9.17) is 4.42 Å². The predicted molar refractivity (Wildman–Crippen MR) is 123 cm³/mol. The number of carbonyl (C=O) groups is 2. The van der Waals surface area contributed by atoms with Crippen molar-refractivity contribution in [1.82, 2.24) is 0 Å². The molecule has 0 aliphatic carbocycles. The lowest BCUT2D eigenvalue weighted by Crippen LogP contribution is -2.31. The van der Waals surface area contributed by atoms with Crippen LogP contribution in [-0.4, -0.2) is 16.8 Å². The summed E-state index contributed by atoms with van der Waals surface area (Å²) in [7, 11) is 0. The van der Waals surface area contributed by atoms with Crippen LogP contribution in [0, 0.1) is 19.7 Å². The van der Waals surface area contributed by atoms with E-state index in [0.29, 0.717) is 16.7 Å². The number of aryl methyl sites for hydroxylation is 2. The van der Waals surface area contributed by atoms with Gasteiger partial charge < -0.3 is 9.52 Å². The summed E-state index contributed by atoms with van der Waals surface area (Å²) >= 11 is 0. The van der Waals surface area contributed by atoms with Gasteiger partial charge in [0.2, 0.25) is 5.78 Å². The molecule has 0 fully saturated rings. The van der Waals surface area contributed by atoms with E-state index in [1.165, 1.54) is 23.1 Å². The van der Waals surface area contributed by atoms with E-state index in [1.807, 2.05) is 26.0 Å². The Morgan fingerprint density at radius 3 is 2.42 bits per heavy atom. The molecule has 0 radical (unpaired) electrons. The summed E-state index contributed by atoms with van der Waals surface area (Å²) in [5.74, 6) is -2.78. The zero-order valence-electron chi connectivity index (χ0n) is 18.0. The number of aliphatic hydroxyl groups excluding tert-OH is 1. The Bertz CT molecular complexity index is 1430. The molecule has 1 atom stereocenters. The van der Waals surface area contributed by atoms with Crippen LogP contribution < -0.4 is 4.90 Å². The van der Waals surface area contributed by atoms with Crippen molar-refractivity contribution >= 4 is 28.3 Å². The smallest absolute Gasteiger partial charge is 0.294 e. The van der Waals surface area contributed by atoms with Crippen molar-refractivity contribution in [2.75, 3.05) is 4.90 Å². The van der Waals surface area contributed by atoms with E-state index < -0.39 is 29.3 Å². The third-order valence-electron chi connectivity index (χ3n) is 6.07. The second-order valence-electron chi connectivity index (χ2n) is 8.11. The van der Waals surface area contributed by atoms with E-state index in [2.05, 4.69) is 0 Å². The molecule has 0 bridgehead atoms. The molecule has 1 amide bonds. The Hall–Kier alpha value is -4.19. The summed E-state index contributed by atoms with van der Waals surface area (Å²) in [6, 6.07) is 18.8. The first-order valence-electron chi connectivity index (χ1n) is 10.5. The number of Topliss-reactive ketones (excluding diaryl/α,β-unsaturated/α-hetero) is 1. The minimum atomic E-state index is -1.15. The fourth-order valence-corrected chi connectivity index (χ4v) is 4.20. The molecular formula is C27H20FNO4. The zero-order valence-corrected chi connectivity index (χ0v) is 18.0. The SMILES string of the molecule is Cc1ccc(N2C(=O)C(O)=C(C(=O)c3cc4ccccc4o3)C2c2ccccc2F)cc1C. The monoisotopic (exact) mass is 441 g/mol. The summed E-state index contributed by atoms with van der Waals surface area (Å²) in [6.45, 7) is 3.83. The van der Waals surface area contributed by atoms with E-state index in [1.54, 1.807) is 42.5 Å². The van der Waals surface area contributed by atoms with Gasteiger partial charge in [0.05, 0.1) is 11.6 Å². The number of halogens is 1. The molecule has 5 rings (SSSR count). The Kier molecular flexibility index (Phi) is 4.86. The highest BCUT2D eigenvalue weighted by molar-refractivity contribution is 6.20. The molecule has 1 N–H and O–H groups in total. The lowest BCUT2D eigenvalue weighted by molar-refractivity contribution is -0.117. The summed E-state index contributed by atoms with van der Waals surface area (Å²) in [5, 5.41) is 11.6. The normalized spacial score (nSPS) is 16.2. The number of ketones is 1. The number of aliphatic hydroxyl groups is 1. The Morgan fingerprint density at radius 1 is 0.970 bits per heavy atom. The Balaban J connectivity index is 1.69. The molecule has 5 nitrogen and oxygen atoms in total. The average molecular weight is 441 g/mol. The quantitative estimate of drug-likeness (QED) is 0.396. The molecule has 164 valence electrons. The zero-order chi connectivity index (χ0) is 23.3. The molecule has 1 aromatic heterocycles. The van der Waals surface area contributed by atoms with E-state index in [0.717, 1.165) is 11.1 Å². The topological polar surface area (TPSA) is 70.8 Å². The number of amides is 1. The first-order chi connectivity index (χ1) is 15.9. The number of carbonyl (C=O) groups excluding carboxylic acids is 2. The minimum absolute atomic E-state index is 0.0335. The summed E-state index contributed by atoms with van der Waals surface area (Å²) in [6.07, 6.45) is 0. The maximum atomic E-state index is 15.0. The molecular weight excluding hydrogens is 421 g/mol. The summed E-state index contributed by atoms with van der Waals surface area (Å²) < 4.78 is 20.7. The number of nitrogens with zero attached hydrogens (tertiary/aromatic N) is 1. The van der Waals surface area contributed by atoms with Gasteiger partial charge in [-0.25, -0.2) is 4.39 Å². The van der Waals surface area contributed by atoms with Gasteiger partial charge in [-0.05, 0) is 55.3 Å². The largest absolute Gasteiger partial charge is 0.503 e. The van der Waals surface area contributed by atoms with Gasteiger partial charge in [-0.15, -0.1) is 0 Å². The van der Waals surface area contributed by atoms with Crippen molar-refractivity contribution in [3.63, 3.8) is 0 Å². The van der Waals surface area contributed by atoms with E-state index in [-0.39, 0.29) is 16.9 Å². The lowest BCUT2D eigenvalue weighted by Gasteiger charge is -2.27. The molecule has 2 heterocycles. The number of benzene rings is 3. The van der Waals surface area contributed by atoms with Crippen molar-refractivity contribution in [1.29, 1.82) is 0 Å². The molecule has 6 heteroatoms. The van der Waals surface area contributed by atoms with Crippen molar-refractivity contribution in [2.45, 2.75) is 19.9 Å². The Labute approximate surface area is 189 Å². The van der Waals surface area contributed by atoms with Gasteiger partial charge in [-0.3, -0.25) is 14.5 Å². The molecule has 0 saturated carbocycles. The van der Waals surface area contributed by atoms with Crippen LogP contribution in [0.25, 0.3) is 11.0 Å². The third kappa shape index (κ3) is 3.31. The molecule has 0 spiro atoms. The standard InChI is InChI=1S/C27H20FNO4/c1-15-11-12-18(13-16(15)2)29-24(19-8-4-5-9-20(19)28)23(26(31)27(29)32)25(30)22-14-17-7-3-6-10-21(17)33-22/h3-14,24,31H,1-2H3. The second-order valence-corrected chi connectivity index (χ2v) is 8.11. The molecule has 1 aliphatic heterocycles. The number of hydrogen-bond acceptors (Lipinski definition) is 4. The second kappa shape index (κ2) is 7.74. The number of rotatable bonds is 4. The number of para-hydroxylation sites is 1. The van der Waals surface area contributed by atoms with Gasteiger partial charge in [-0.2, -0.15) is 0 Å². The van der Waals surface area contributed by atoms with Gasteiger partial charge in [0.25, 0.3) is 5.91 Å². The maximum Gasteiger partial charge on any atom is 0.294 e. The summed E-state index contributed by atoms with van der Waals surface area (Å²) in [5.41, 5.74) is 2.77. The first-order valence-corrected chi connectivity index (χ1v) is 10.5. The summed E-state index contributed by atoms with van der Waals surface area (Å²) in [4.78, 5) is 28.0. The number of furan rings is 1. The van der Waals surface area contributed by atoms with Crippen LogP contribution in [0.15, 0.2) is 88.5 Å². The maximum absolute atomic E-state index is 15.0. The highest BCUT2D eigenvalue weighted by Gasteiger charge is 2.46. The van der Waals surface area contributed by atoms with Gasteiger partial charge in [-0.1, -0.05) is 42.5 Å². The molecule has 3 aromatic carbocycles. The number of hydrogen-bond donors (Lipinski definition) is 1. The fraction of sp³-hybridized carbons (Fsp3) is 0.111. The van der Waals surface area contributed by atoms with Crippen molar-refractivity contribution in [2.24, 2.45) is 0 Å². The average Bonchev–Trinajstić information content (AvgIpc) is 3.35. The molecule has 1 aliphatic rings. The van der Waals surface area contributed by atoms with Gasteiger partial charge in [0, 0.05) is 16.6 Å². The van der Waals surface area contributed by atoms with Crippen LogP contribution in [0.2, 0.25) is 0 Å². The van der Waals surface area contributed by atoms with E-state index >= 15 is 0 Å².